The first-order chi connectivity index (χ1) is 13.0. The van der Waals surface area contributed by atoms with Crippen molar-refractivity contribution in [3.05, 3.63) is 24.5 Å². The Hall–Kier alpha value is -1.73. The van der Waals surface area contributed by atoms with Crippen molar-refractivity contribution in [3.63, 3.8) is 0 Å². The topological polar surface area (TPSA) is 75.2 Å². The van der Waals surface area contributed by atoms with Gasteiger partial charge in [0.05, 0.1) is 10.4 Å². The molecule has 1 aliphatic carbocycles. The zero-order valence-electron chi connectivity index (χ0n) is 15.9. The molecule has 2 fully saturated rings. The van der Waals surface area contributed by atoms with E-state index in [-0.39, 0.29) is 0 Å². The number of rotatable bonds is 5. The third-order valence-corrected chi connectivity index (χ3v) is 7.06. The van der Waals surface area contributed by atoms with Gasteiger partial charge in [0, 0.05) is 37.3 Å². The third-order valence-electron chi connectivity index (χ3n) is 5.95. The van der Waals surface area contributed by atoms with Crippen LogP contribution in [0.5, 0.6) is 0 Å². The van der Waals surface area contributed by atoms with E-state index in [1.165, 1.54) is 38.5 Å². The predicted octanol–water partition coefficient (Wildman–Crippen LogP) is 3.10. The van der Waals surface area contributed by atoms with E-state index < -0.39 is 9.84 Å². The summed E-state index contributed by atoms with van der Waals surface area (Å²) in [4.78, 5) is 11.6. The Morgan fingerprint density at radius 3 is 2.56 bits per heavy atom. The molecule has 2 heterocycles. The van der Waals surface area contributed by atoms with Gasteiger partial charge in [-0.1, -0.05) is 12.8 Å². The highest BCUT2D eigenvalue weighted by atomic mass is 32.2. The van der Waals surface area contributed by atoms with Crippen LogP contribution in [-0.2, 0) is 9.84 Å². The van der Waals surface area contributed by atoms with E-state index in [4.69, 9.17) is 0 Å². The highest BCUT2D eigenvalue weighted by Gasteiger charge is 2.24. The number of sulfone groups is 1. The van der Waals surface area contributed by atoms with Crippen LogP contribution in [0.25, 0.3) is 10.9 Å². The highest BCUT2D eigenvalue weighted by Crippen LogP contribution is 2.28. The number of anilines is 1. The Morgan fingerprint density at radius 1 is 1.11 bits per heavy atom. The highest BCUT2D eigenvalue weighted by molar-refractivity contribution is 7.90. The first kappa shape index (κ1) is 18.6. The van der Waals surface area contributed by atoms with Crippen LogP contribution in [-0.4, -0.2) is 55.2 Å². The van der Waals surface area contributed by atoms with Crippen LogP contribution in [0.1, 0.15) is 38.5 Å². The van der Waals surface area contributed by atoms with E-state index in [1.807, 2.05) is 0 Å². The average molecular weight is 389 g/mol. The van der Waals surface area contributed by atoms with Gasteiger partial charge in [0.2, 0.25) is 0 Å². The second kappa shape index (κ2) is 7.72. The lowest BCUT2D eigenvalue weighted by molar-refractivity contribution is 0.189. The summed E-state index contributed by atoms with van der Waals surface area (Å²) >= 11 is 0. The molecule has 27 heavy (non-hydrogen) atoms. The van der Waals surface area contributed by atoms with Gasteiger partial charge >= 0.3 is 0 Å². The summed E-state index contributed by atoms with van der Waals surface area (Å²) in [5.74, 6) is 1.63. The molecule has 1 aromatic carbocycles. The van der Waals surface area contributed by atoms with E-state index in [0.717, 1.165) is 48.6 Å². The van der Waals surface area contributed by atoms with Gasteiger partial charge in [0.1, 0.15) is 12.1 Å². The maximum absolute atomic E-state index is 11.9. The van der Waals surface area contributed by atoms with E-state index >= 15 is 0 Å². The molecule has 4 rings (SSSR count). The van der Waals surface area contributed by atoms with Crippen molar-refractivity contribution in [3.8, 4) is 0 Å². The molecule has 6 nitrogen and oxygen atoms in total. The van der Waals surface area contributed by atoms with Crippen LogP contribution in [0.15, 0.2) is 29.4 Å². The molecule has 1 saturated carbocycles. The molecule has 1 N–H and O–H groups in total. The second-order valence-electron chi connectivity index (χ2n) is 8.04. The van der Waals surface area contributed by atoms with Gasteiger partial charge < -0.3 is 10.2 Å². The molecule has 0 unspecified atom stereocenters. The summed E-state index contributed by atoms with van der Waals surface area (Å²) < 4.78 is 23.8. The summed E-state index contributed by atoms with van der Waals surface area (Å²) in [7, 11) is -3.25. The zero-order valence-corrected chi connectivity index (χ0v) is 16.7. The number of benzene rings is 1. The van der Waals surface area contributed by atoms with E-state index in [2.05, 4.69) is 20.2 Å². The van der Waals surface area contributed by atoms with Crippen molar-refractivity contribution >= 4 is 26.6 Å². The maximum atomic E-state index is 11.9. The molecule has 2 aliphatic rings. The fourth-order valence-electron chi connectivity index (χ4n) is 4.39. The number of likely N-dealkylation sites (tertiary alicyclic amines) is 1. The smallest absolute Gasteiger partial charge is 0.175 e. The lowest BCUT2D eigenvalue weighted by atomic mass is 10.0. The van der Waals surface area contributed by atoms with E-state index in [0.29, 0.717) is 10.9 Å². The molecule has 0 radical (unpaired) electrons. The van der Waals surface area contributed by atoms with Gasteiger partial charge in [-0.2, -0.15) is 0 Å². The van der Waals surface area contributed by atoms with Crippen molar-refractivity contribution in [2.75, 3.05) is 31.2 Å². The first-order valence-corrected chi connectivity index (χ1v) is 11.8. The van der Waals surface area contributed by atoms with Gasteiger partial charge in [-0.3, -0.25) is 0 Å². The van der Waals surface area contributed by atoms with Gasteiger partial charge in [0.25, 0.3) is 0 Å². The molecule has 0 amide bonds. The summed E-state index contributed by atoms with van der Waals surface area (Å²) in [6, 6.07) is 5.41. The number of nitrogens with zero attached hydrogens (tertiary/aromatic N) is 3. The molecule has 0 bridgehead atoms. The minimum Gasteiger partial charge on any atom is -0.367 e. The molecule has 2 aromatic rings. The quantitative estimate of drug-likeness (QED) is 0.848. The fourth-order valence-corrected chi connectivity index (χ4v) is 5.04. The van der Waals surface area contributed by atoms with Gasteiger partial charge in [0.15, 0.2) is 9.84 Å². The standard InChI is InChI=1S/C20H28N4O2S/c1-27(25,26)17-6-7-19-18(12-17)20(22-14-21-19)23-16-8-10-24(11-9-16)13-15-4-2-3-5-15/h6-7,12,14-16H,2-5,8-11,13H2,1H3,(H,21,22,23). The molecule has 0 atom stereocenters. The normalized spacial score (nSPS) is 20.3. The lowest BCUT2D eigenvalue weighted by Crippen LogP contribution is -2.41. The molecule has 0 spiro atoms. The number of aromatic nitrogens is 2. The van der Waals surface area contributed by atoms with Crippen molar-refractivity contribution in [1.29, 1.82) is 0 Å². The Labute approximate surface area is 161 Å². The first-order valence-electron chi connectivity index (χ1n) is 9.93. The Morgan fingerprint density at radius 2 is 1.85 bits per heavy atom. The maximum Gasteiger partial charge on any atom is 0.175 e. The molecular formula is C20H28N4O2S. The monoisotopic (exact) mass is 388 g/mol. The average Bonchev–Trinajstić information content (AvgIpc) is 3.15. The summed E-state index contributed by atoms with van der Waals surface area (Å²) in [6.07, 6.45) is 10.5. The van der Waals surface area contributed by atoms with E-state index in [9.17, 15) is 8.42 Å². The number of hydrogen-bond acceptors (Lipinski definition) is 6. The minimum atomic E-state index is -3.25. The molecule has 1 aliphatic heterocycles. The predicted molar refractivity (Wildman–Crippen MR) is 108 cm³/mol. The fraction of sp³-hybridized carbons (Fsp3) is 0.600. The van der Waals surface area contributed by atoms with Crippen molar-refractivity contribution < 1.29 is 8.42 Å². The number of nitrogens with one attached hydrogen (secondary N) is 1. The molecule has 1 saturated heterocycles. The van der Waals surface area contributed by atoms with Crippen LogP contribution in [0.3, 0.4) is 0 Å². The van der Waals surface area contributed by atoms with Crippen LogP contribution >= 0.6 is 0 Å². The van der Waals surface area contributed by atoms with Gasteiger partial charge in [-0.05, 0) is 49.8 Å². The van der Waals surface area contributed by atoms with Crippen LogP contribution in [0, 0.1) is 5.92 Å². The van der Waals surface area contributed by atoms with Crippen molar-refractivity contribution in [1.82, 2.24) is 14.9 Å². The molecule has 7 heteroatoms. The third kappa shape index (κ3) is 4.41. The lowest BCUT2D eigenvalue weighted by Gasteiger charge is -2.34. The van der Waals surface area contributed by atoms with Crippen LogP contribution in [0.2, 0.25) is 0 Å². The Balaban J connectivity index is 1.44. The molecule has 146 valence electrons. The minimum absolute atomic E-state index is 0.305. The second-order valence-corrected chi connectivity index (χ2v) is 10.1. The van der Waals surface area contributed by atoms with Crippen molar-refractivity contribution in [2.24, 2.45) is 5.92 Å². The van der Waals surface area contributed by atoms with E-state index in [1.54, 1.807) is 24.5 Å². The largest absolute Gasteiger partial charge is 0.367 e. The Kier molecular flexibility index (Phi) is 5.32. The summed E-state index contributed by atoms with van der Waals surface area (Å²) in [5, 5.41) is 4.32. The number of hydrogen-bond donors (Lipinski definition) is 1. The number of fused-ring (bicyclic) bond motifs is 1. The molecule has 1 aromatic heterocycles. The zero-order chi connectivity index (χ0) is 18.9. The Bertz CT molecular complexity index is 901. The summed E-state index contributed by atoms with van der Waals surface area (Å²) in [6.45, 7) is 3.48. The SMILES string of the molecule is CS(=O)(=O)c1ccc2ncnc(NC3CCN(CC4CCCC4)CC3)c2c1. The van der Waals surface area contributed by atoms with Crippen LogP contribution < -0.4 is 5.32 Å². The number of piperidine rings is 1. The molecular weight excluding hydrogens is 360 g/mol. The summed E-state index contributed by atoms with van der Waals surface area (Å²) in [5.41, 5.74) is 0.763. The van der Waals surface area contributed by atoms with Gasteiger partial charge in [-0.25, -0.2) is 18.4 Å². The van der Waals surface area contributed by atoms with Gasteiger partial charge in [-0.15, -0.1) is 0 Å². The van der Waals surface area contributed by atoms with Crippen LogP contribution in [0.4, 0.5) is 5.82 Å². The van der Waals surface area contributed by atoms with Crippen molar-refractivity contribution in [2.45, 2.75) is 49.5 Å².